The third-order valence-electron chi connectivity index (χ3n) is 3.73. The van der Waals surface area contributed by atoms with Gasteiger partial charge in [-0.25, -0.2) is 0 Å². The van der Waals surface area contributed by atoms with E-state index in [1.807, 2.05) is 37.4 Å². The number of carbonyl (C=O) groups is 1. The molecule has 2 bridgehead atoms. The van der Waals surface area contributed by atoms with Gasteiger partial charge in [0.2, 0.25) is 0 Å². The van der Waals surface area contributed by atoms with E-state index in [2.05, 4.69) is 10.3 Å². The molecule has 3 atom stereocenters. The van der Waals surface area contributed by atoms with Crippen molar-refractivity contribution in [2.75, 3.05) is 13.4 Å². The van der Waals surface area contributed by atoms with Crippen LogP contribution in [-0.4, -0.2) is 30.2 Å². The van der Waals surface area contributed by atoms with Crippen molar-refractivity contribution in [1.82, 2.24) is 5.32 Å². The van der Waals surface area contributed by atoms with Gasteiger partial charge in [-0.2, -0.15) is 0 Å². The molecule has 1 N–H and O–H groups in total. The number of para-hydroxylation sites is 1. The van der Waals surface area contributed by atoms with Crippen LogP contribution in [0.25, 0.3) is 0 Å². The Morgan fingerprint density at radius 2 is 2.25 bits per heavy atom. The van der Waals surface area contributed by atoms with E-state index in [0.717, 1.165) is 16.5 Å². The molecule has 3 rings (SSSR count). The zero-order valence-electron chi connectivity index (χ0n) is 11.5. The van der Waals surface area contributed by atoms with E-state index < -0.39 is 11.6 Å². The molecule has 0 fully saturated rings. The summed E-state index contributed by atoms with van der Waals surface area (Å²) in [5.74, 6) is -0.0572. The molecule has 3 unspecified atom stereocenters. The fourth-order valence-corrected chi connectivity index (χ4v) is 3.32. The maximum Gasteiger partial charge on any atom is 0.317 e. The molecular formula is C14H16N2O3S. The highest BCUT2D eigenvalue weighted by atomic mass is 32.2. The molecule has 6 heteroatoms. The molecule has 5 nitrogen and oxygen atoms in total. The van der Waals surface area contributed by atoms with Crippen LogP contribution in [0.15, 0.2) is 29.3 Å². The Labute approximate surface area is 121 Å². The first kappa shape index (κ1) is 13.3. The summed E-state index contributed by atoms with van der Waals surface area (Å²) in [7, 11) is 1.39. The van der Waals surface area contributed by atoms with Crippen molar-refractivity contribution >= 4 is 22.9 Å². The SMILES string of the molecule is COC(=O)C1C2N=C(SC)NC1(C)Oc1ccccc12. The summed E-state index contributed by atoms with van der Waals surface area (Å²) in [5, 5.41) is 3.98. The van der Waals surface area contributed by atoms with Crippen molar-refractivity contribution in [2.24, 2.45) is 10.9 Å². The maximum absolute atomic E-state index is 12.2. The van der Waals surface area contributed by atoms with E-state index in [4.69, 9.17) is 9.47 Å². The van der Waals surface area contributed by atoms with Crippen molar-refractivity contribution in [2.45, 2.75) is 18.7 Å². The topological polar surface area (TPSA) is 59.9 Å². The van der Waals surface area contributed by atoms with Crippen molar-refractivity contribution < 1.29 is 14.3 Å². The molecule has 1 aromatic carbocycles. The van der Waals surface area contributed by atoms with Gasteiger partial charge in [0.25, 0.3) is 0 Å². The summed E-state index contributed by atoms with van der Waals surface area (Å²) >= 11 is 1.50. The number of methoxy groups -OCH3 is 1. The van der Waals surface area contributed by atoms with E-state index in [-0.39, 0.29) is 12.0 Å². The van der Waals surface area contributed by atoms with Crippen LogP contribution in [0.5, 0.6) is 5.75 Å². The predicted octanol–water partition coefficient (Wildman–Crippen LogP) is 1.95. The van der Waals surface area contributed by atoms with Crippen LogP contribution in [-0.2, 0) is 9.53 Å². The summed E-state index contributed by atoms with van der Waals surface area (Å²) in [6.07, 6.45) is 1.94. The molecular weight excluding hydrogens is 276 g/mol. The van der Waals surface area contributed by atoms with Crippen LogP contribution < -0.4 is 10.1 Å². The fourth-order valence-electron chi connectivity index (χ4n) is 2.79. The molecule has 0 saturated carbocycles. The van der Waals surface area contributed by atoms with Gasteiger partial charge < -0.3 is 14.8 Å². The molecule has 20 heavy (non-hydrogen) atoms. The number of esters is 1. The van der Waals surface area contributed by atoms with E-state index in [0.29, 0.717) is 0 Å². The van der Waals surface area contributed by atoms with E-state index in [9.17, 15) is 4.79 Å². The fraction of sp³-hybridized carbons (Fsp3) is 0.429. The van der Waals surface area contributed by atoms with E-state index in [1.165, 1.54) is 18.9 Å². The van der Waals surface area contributed by atoms with Gasteiger partial charge in [0, 0.05) is 5.56 Å². The van der Waals surface area contributed by atoms with Crippen molar-refractivity contribution in [3.63, 3.8) is 0 Å². The highest BCUT2D eigenvalue weighted by Crippen LogP contribution is 2.47. The van der Waals surface area contributed by atoms with E-state index in [1.54, 1.807) is 0 Å². The number of carbonyl (C=O) groups excluding carboxylic acids is 1. The Bertz CT molecular complexity index is 590. The molecule has 106 valence electrons. The Balaban J connectivity index is 2.16. The zero-order chi connectivity index (χ0) is 14.3. The molecule has 0 aliphatic carbocycles. The maximum atomic E-state index is 12.2. The molecule has 0 amide bonds. The average Bonchev–Trinajstić information content (AvgIpc) is 2.44. The number of thioether (sulfide) groups is 1. The predicted molar refractivity (Wildman–Crippen MR) is 77.8 cm³/mol. The minimum Gasteiger partial charge on any atom is -0.469 e. The third-order valence-corrected chi connectivity index (χ3v) is 4.32. The zero-order valence-corrected chi connectivity index (χ0v) is 12.4. The van der Waals surface area contributed by atoms with Gasteiger partial charge in [-0.05, 0) is 19.2 Å². The number of nitrogens with zero attached hydrogens (tertiary/aromatic N) is 1. The van der Waals surface area contributed by atoms with Gasteiger partial charge >= 0.3 is 5.97 Å². The second kappa shape index (κ2) is 4.70. The Morgan fingerprint density at radius 1 is 1.50 bits per heavy atom. The summed E-state index contributed by atoms with van der Waals surface area (Å²) in [5.41, 5.74) is 0.0834. The molecule has 0 radical (unpaired) electrons. The molecule has 1 aromatic rings. The Kier molecular flexibility index (Phi) is 3.12. The standard InChI is InChI=1S/C14H16N2O3S/c1-14-10(12(17)18-2)11(15-13(16-14)20-3)8-6-4-5-7-9(8)19-14/h4-7,10-11H,1-3H3,(H,15,16). The quantitative estimate of drug-likeness (QED) is 0.802. The lowest BCUT2D eigenvalue weighted by Gasteiger charge is -2.47. The lowest BCUT2D eigenvalue weighted by Crippen LogP contribution is -2.63. The lowest BCUT2D eigenvalue weighted by molar-refractivity contribution is -0.158. The van der Waals surface area contributed by atoms with Crippen LogP contribution in [0.4, 0.5) is 0 Å². The molecule has 0 spiro atoms. The van der Waals surface area contributed by atoms with Crippen molar-refractivity contribution in [3.8, 4) is 5.75 Å². The monoisotopic (exact) mass is 292 g/mol. The molecule has 0 aromatic heterocycles. The van der Waals surface area contributed by atoms with Gasteiger partial charge in [0.05, 0.1) is 7.11 Å². The number of hydrogen-bond acceptors (Lipinski definition) is 6. The first-order valence-electron chi connectivity index (χ1n) is 6.35. The summed E-state index contributed by atoms with van der Waals surface area (Å²) in [6, 6.07) is 7.41. The Morgan fingerprint density at radius 3 is 2.95 bits per heavy atom. The average molecular weight is 292 g/mol. The Hall–Kier alpha value is -1.69. The number of benzene rings is 1. The first-order valence-corrected chi connectivity index (χ1v) is 7.57. The van der Waals surface area contributed by atoms with Crippen molar-refractivity contribution in [1.29, 1.82) is 0 Å². The second-order valence-electron chi connectivity index (χ2n) is 4.96. The van der Waals surface area contributed by atoms with Crippen LogP contribution >= 0.6 is 11.8 Å². The highest BCUT2D eigenvalue weighted by molar-refractivity contribution is 8.13. The summed E-state index contributed by atoms with van der Waals surface area (Å²) in [4.78, 5) is 16.8. The van der Waals surface area contributed by atoms with Crippen LogP contribution in [0.1, 0.15) is 18.5 Å². The number of ether oxygens (including phenoxy) is 2. The van der Waals surface area contributed by atoms with Gasteiger partial charge in [-0.1, -0.05) is 30.0 Å². The number of fused-ring (bicyclic) bond motifs is 4. The first-order chi connectivity index (χ1) is 9.59. The minimum absolute atomic E-state index is 0.277. The highest BCUT2D eigenvalue weighted by Gasteiger charge is 2.54. The van der Waals surface area contributed by atoms with Crippen LogP contribution in [0.3, 0.4) is 0 Å². The number of nitrogens with one attached hydrogen (secondary N) is 1. The third kappa shape index (κ3) is 1.86. The molecule has 2 aliphatic heterocycles. The summed E-state index contributed by atoms with van der Waals surface area (Å²) in [6.45, 7) is 1.86. The summed E-state index contributed by atoms with van der Waals surface area (Å²) < 4.78 is 11.0. The minimum atomic E-state index is -0.841. The number of amidine groups is 1. The van der Waals surface area contributed by atoms with Gasteiger partial charge in [0.15, 0.2) is 10.9 Å². The second-order valence-corrected chi connectivity index (χ2v) is 5.75. The van der Waals surface area contributed by atoms with Gasteiger partial charge in [-0.15, -0.1) is 0 Å². The molecule has 2 aliphatic rings. The smallest absolute Gasteiger partial charge is 0.317 e. The normalized spacial score (nSPS) is 30.4. The van der Waals surface area contributed by atoms with E-state index >= 15 is 0 Å². The number of aliphatic imine (C=N–C) groups is 1. The van der Waals surface area contributed by atoms with Crippen LogP contribution in [0.2, 0.25) is 0 Å². The van der Waals surface area contributed by atoms with Crippen LogP contribution in [0, 0.1) is 5.92 Å². The number of hydrogen-bond donors (Lipinski definition) is 1. The van der Waals surface area contributed by atoms with Gasteiger partial charge in [0.1, 0.15) is 17.7 Å². The van der Waals surface area contributed by atoms with Crippen molar-refractivity contribution in [3.05, 3.63) is 29.8 Å². The lowest BCUT2D eigenvalue weighted by atomic mass is 9.81. The molecule has 0 saturated heterocycles. The number of rotatable bonds is 1. The molecule has 2 heterocycles. The van der Waals surface area contributed by atoms with Gasteiger partial charge in [-0.3, -0.25) is 9.79 Å². The largest absolute Gasteiger partial charge is 0.469 e.